The van der Waals surface area contributed by atoms with Crippen LogP contribution in [0.3, 0.4) is 0 Å². The topological polar surface area (TPSA) is 132 Å². The number of ketones is 1. The number of benzene rings is 2. The van der Waals surface area contributed by atoms with E-state index in [1.54, 1.807) is 30.7 Å². The number of halogens is 1. The average Bonchev–Trinajstić information content (AvgIpc) is 3.31. The number of anilines is 2. The van der Waals surface area contributed by atoms with E-state index >= 15 is 0 Å². The van der Waals surface area contributed by atoms with Crippen molar-refractivity contribution in [1.29, 1.82) is 0 Å². The van der Waals surface area contributed by atoms with Gasteiger partial charge in [0.25, 0.3) is 0 Å². The summed E-state index contributed by atoms with van der Waals surface area (Å²) in [6, 6.07) is 15.2. The molecule has 0 aliphatic carbocycles. The summed E-state index contributed by atoms with van der Waals surface area (Å²) in [4.78, 5) is 31.4. The molecular formula is C28H26FN7O2. The lowest BCUT2D eigenvalue weighted by Gasteiger charge is -2.14. The quantitative estimate of drug-likeness (QED) is 0.253. The third kappa shape index (κ3) is 5.07. The number of hydrogen-bond donors (Lipinski definition) is 3. The van der Waals surface area contributed by atoms with Crippen LogP contribution in [-0.4, -0.2) is 48.5 Å². The Morgan fingerprint density at radius 3 is 2.61 bits per heavy atom. The van der Waals surface area contributed by atoms with Gasteiger partial charge in [0.1, 0.15) is 11.5 Å². The van der Waals surface area contributed by atoms with Crippen molar-refractivity contribution in [3.05, 3.63) is 84.3 Å². The molecule has 0 saturated heterocycles. The molecule has 38 heavy (non-hydrogen) atoms. The summed E-state index contributed by atoms with van der Waals surface area (Å²) in [5.41, 5.74) is 11.7. The van der Waals surface area contributed by atoms with Gasteiger partial charge in [-0.2, -0.15) is 0 Å². The molecule has 0 aliphatic rings. The van der Waals surface area contributed by atoms with Crippen LogP contribution in [0.15, 0.2) is 67.1 Å². The first-order chi connectivity index (χ1) is 18.4. The Kier molecular flexibility index (Phi) is 7.05. The molecule has 2 aromatic carbocycles. The Balaban J connectivity index is 1.53. The second kappa shape index (κ2) is 10.7. The first-order valence-corrected chi connectivity index (χ1v) is 12.1. The van der Waals surface area contributed by atoms with E-state index < -0.39 is 0 Å². The number of hydrogen-bond acceptors (Lipinski definition) is 8. The highest BCUT2D eigenvalue weighted by Gasteiger charge is 2.21. The summed E-state index contributed by atoms with van der Waals surface area (Å²) in [7, 11) is 1.89. The zero-order valence-corrected chi connectivity index (χ0v) is 20.7. The van der Waals surface area contributed by atoms with Crippen LogP contribution in [0.5, 0.6) is 0 Å². The van der Waals surface area contributed by atoms with Crippen molar-refractivity contribution >= 4 is 28.3 Å². The molecule has 9 nitrogen and oxygen atoms in total. The van der Waals surface area contributed by atoms with Crippen LogP contribution in [0.25, 0.3) is 33.5 Å². The van der Waals surface area contributed by atoms with E-state index in [-0.39, 0.29) is 36.1 Å². The van der Waals surface area contributed by atoms with Crippen molar-refractivity contribution in [2.75, 3.05) is 24.2 Å². The van der Waals surface area contributed by atoms with E-state index in [2.05, 4.69) is 20.3 Å². The van der Waals surface area contributed by atoms with Crippen molar-refractivity contribution < 1.29 is 14.3 Å². The number of aliphatic hydroxyl groups excluding tert-OH is 1. The zero-order valence-electron chi connectivity index (χ0n) is 20.7. The standard InChI is InChI=1S/C28H26FN7O2/c1-36-16-33-22-9-6-18(15-23(22)36)26-25(17-4-7-19(29)8-5-17)35-28(30)27(34-26)24(38)11-10-21-20(32-13-14-37)3-2-12-31-21/h2-9,12,15-16,32,37H,10-11,13-14H2,1H3,(H2,30,35). The predicted molar refractivity (Wildman–Crippen MR) is 144 cm³/mol. The molecule has 0 radical (unpaired) electrons. The number of rotatable bonds is 9. The van der Waals surface area contributed by atoms with E-state index in [4.69, 9.17) is 15.8 Å². The SMILES string of the molecule is Cn1cnc2ccc(-c3nc(C(=O)CCc4ncccc4NCCO)c(N)nc3-c3ccc(F)cc3)cc21. The molecule has 0 amide bonds. The Bertz CT molecular complexity index is 1620. The molecule has 0 fully saturated rings. The molecule has 0 spiro atoms. The molecule has 0 unspecified atom stereocenters. The maximum atomic E-state index is 13.6. The Hall–Kier alpha value is -4.70. The van der Waals surface area contributed by atoms with Crippen molar-refractivity contribution in [1.82, 2.24) is 24.5 Å². The van der Waals surface area contributed by atoms with Gasteiger partial charge < -0.3 is 20.7 Å². The van der Waals surface area contributed by atoms with Crippen LogP contribution in [0.1, 0.15) is 22.6 Å². The minimum absolute atomic E-state index is 0.000615. The van der Waals surface area contributed by atoms with E-state index in [9.17, 15) is 9.18 Å². The smallest absolute Gasteiger partial charge is 0.185 e. The number of nitrogens with two attached hydrogens (primary N) is 1. The van der Waals surface area contributed by atoms with Crippen molar-refractivity contribution in [3.63, 3.8) is 0 Å². The van der Waals surface area contributed by atoms with Crippen LogP contribution in [0, 0.1) is 5.82 Å². The number of nitrogen functional groups attached to an aromatic ring is 1. The zero-order chi connectivity index (χ0) is 26.6. The molecule has 5 rings (SSSR count). The van der Waals surface area contributed by atoms with Gasteiger partial charge in [-0.3, -0.25) is 9.78 Å². The highest BCUT2D eigenvalue weighted by atomic mass is 19.1. The monoisotopic (exact) mass is 511 g/mol. The van der Waals surface area contributed by atoms with E-state index in [1.165, 1.54) is 12.1 Å². The van der Waals surface area contributed by atoms with Gasteiger partial charge >= 0.3 is 0 Å². The Morgan fingerprint density at radius 1 is 1.05 bits per heavy atom. The van der Waals surface area contributed by atoms with E-state index in [1.807, 2.05) is 35.9 Å². The third-order valence-corrected chi connectivity index (χ3v) is 6.21. The van der Waals surface area contributed by atoms with E-state index in [0.717, 1.165) is 22.3 Å². The molecule has 4 N–H and O–H groups in total. The number of Topliss-reactive ketones (excluding diaryl/α,β-unsaturated/α-hetero) is 1. The summed E-state index contributed by atoms with van der Waals surface area (Å²) in [5.74, 6) is -0.650. The number of nitrogens with zero attached hydrogens (tertiary/aromatic N) is 5. The van der Waals surface area contributed by atoms with E-state index in [0.29, 0.717) is 35.6 Å². The maximum Gasteiger partial charge on any atom is 0.185 e. The van der Waals surface area contributed by atoms with Crippen LogP contribution >= 0.6 is 0 Å². The van der Waals surface area contributed by atoms with Crippen LogP contribution < -0.4 is 11.1 Å². The first kappa shape index (κ1) is 25.0. The van der Waals surface area contributed by atoms with Crippen molar-refractivity contribution in [3.8, 4) is 22.5 Å². The summed E-state index contributed by atoms with van der Waals surface area (Å²) in [5, 5.41) is 12.2. The van der Waals surface area contributed by atoms with Gasteiger partial charge in [0.15, 0.2) is 11.6 Å². The van der Waals surface area contributed by atoms with Gasteiger partial charge in [0.2, 0.25) is 0 Å². The highest BCUT2D eigenvalue weighted by Crippen LogP contribution is 2.33. The average molecular weight is 512 g/mol. The Labute approximate surface area is 218 Å². The molecule has 192 valence electrons. The number of carbonyl (C=O) groups excluding carboxylic acids is 1. The fraction of sp³-hybridized carbons (Fsp3) is 0.179. The van der Waals surface area contributed by atoms with Gasteiger partial charge in [0, 0.05) is 37.3 Å². The number of nitrogens with one attached hydrogen (secondary N) is 1. The van der Waals surface area contributed by atoms with Crippen LogP contribution in [0.4, 0.5) is 15.9 Å². The number of aryl methyl sites for hydroxylation is 2. The summed E-state index contributed by atoms with van der Waals surface area (Å²) >= 11 is 0. The molecule has 3 aromatic heterocycles. The lowest BCUT2D eigenvalue weighted by Crippen LogP contribution is -2.13. The molecule has 0 saturated carbocycles. The summed E-state index contributed by atoms with van der Waals surface area (Å²) < 4.78 is 15.5. The summed E-state index contributed by atoms with van der Waals surface area (Å²) in [6.07, 6.45) is 3.84. The van der Waals surface area contributed by atoms with Gasteiger partial charge in [-0.1, -0.05) is 6.07 Å². The second-order valence-corrected chi connectivity index (χ2v) is 8.79. The van der Waals surface area contributed by atoms with Crippen LogP contribution in [-0.2, 0) is 13.5 Å². The van der Waals surface area contributed by atoms with Crippen molar-refractivity contribution in [2.45, 2.75) is 12.8 Å². The van der Waals surface area contributed by atoms with Gasteiger partial charge in [-0.25, -0.2) is 19.3 Å². The highest BCUT2D eigenvalue weighted by molar-refractivity contribution is 6.00. The molecule has 5 aromatic rings. The predicted octanol–water partition coefficient (Wildman–Crippen LogP) is 4.03. The normalized spacial score (nSPS) is 11.1. The summed E-state index contributed by atoms with van der Waals surface area (Å²) in [6.45, 7) is 0.355. The van der Waals surface area contributed by atoms with Gasteiger partial charge in [-0.15, -0.1) is 0 Å². The molecular weight excluding hydrogens is 485 g/mol. The minimum atomic E-state index is -0.373. The number of carbonyl (C=O) groups is 1. The molecule has 0 bridgehead atoms. The Morgan fingerprint density at radius 2 is 1.82 bits per heavy atom. The third-order valence-electron chi connectivity index (χ3n) is 6.21. The lowest BCUT2D eigenvalue weighted by atomic mass is 10.0. The van der Waals surface area contributed by atoms with Crippen LogP contribution in [0.2, 0.25) is 0 Å². The molecule has 10 heteroatoms. The maximum absolute atomic E-state index is 13.6. The number of pyridine rings is 1. The first-order valence-electron chi connectivity index (χ1n) is 12.1. The number of fused-ring (bicyclic) bond motifs is 1. The van der Waals surface area contributed by atoms with Gasteiger partial charge in [0.05, 0.1) is 46.7 Å². The number of aromatic nitrogens is 5. The van der Waals surface area contributed by atoms with Crippen molar-refractivity contribution in [2.24, 2.45) is 7.05 Å². The fourth-order valence-electron chi connectivity index (χ4n) is 4.28. The largest absolute Gasteiger partial charge is 0.395 e. The number of imidazole rings is 1. The second-order valence-electron chi connectivity index (χ2n) is 8.79. The molecule has 3 heterocycles. The number of aliphatic hydroxyl groups is 1. The fourth-order valence-corrected chi connectivity index (χ4v) is 4.28. The minimum Gasteiger partial charge on any atom is -0.395 e. The molecule has 0 atom stereocenters. The van der Waals surface area contributed by atoms with Gasteiger partial charge in [-0.05, 0) is 55.0 Å². The molecule has 0 aliphatic heterocycles. The lowest BCUT2D eigenvalue weighted by molar-refractivity contribution is 0.0978.